The lowest BCUT2D eigenvalue weighted by Gasteiger charge is -2.28. The molecule has 1 aromatic rings. The van der Waals surface area contributed by atoms with Crippen molar-refractivity contribution in [3.05, 3.63) is 28.7 Å². The smallest absolute Gasteiger partial charge is 0.250 e. The maximum Gasteiger partial charge on any atom is 0.250 e. The number of nitrogens with zero attached hydrogens (tertiary/aromatic N) is 1. The summed E-state index contributed by atoms with van der Waals surface area (Å²) in [5, 5.41) is 6.08. The number of anilines is 1. The van der Waals surface area contributed by atoms with E-state index in [0.717, 1.165) is 19.4 Å². The highest BCUT2D eigenvalue weighted by atomic mass is 16.2. The second kappa shape index (κ2) is 5.35. The zero-order chi connectivity index (χ0) is 13.1. The Morgan fingerprint density at radius 3 is 2.94 bits per heavy atom. The lowest BCUT2D eigenvalue weighted by atomic mass is 9.92. The molecule has 1 aliphatic rings. The third kappa shape index (κ3) is 2.79. The van der Waals surface area contributed by atoms with Gasteiger partial charge in [-0.2, -0.15) is 0 Å². The molecule has 0 bridgehead atoms. The molecule has 2 heterocycles. The fourth-order valence-corrected chi connectivity index (χ4v) is 2.29. The molecule has 18 heavy (non-hydrogen) atoms. The van der Waals surface area contributed by atoms with Gasteiger partial charge in [-0.05, 0) is 31.4 Å². The lowest BCUT2D eigenvalue weighted by molar-refractivity contribution is -0.119. The molecule has 1 fully saturated rings. The number of pyridine rings is 1. The van der Waals surface area contributed by atoms with Gasteiger partial charge in [-0.15, -0.1) is 0 Å². The van der Waals surface area contributed by atoms with E-state index in [0.29, 0.717) is 11.6 Å². The van der Waals surface area contributed by atoms with Crippen LogP contribution in [-0.4, -0.2) is 23.1 Å². The van der Waals surface area contributed by atoms with Crippen LogP contribution in [0.2, 0.25) is 0 Å². The van der Waals surface area contributed by atoms with Gasteiger partial charge in [-0.3, -0.25) is 9.59 Å². The minimum Gasteiger partial charge on any atom is -0.323 e. The van der Waals surface area contributed by atoms with Crippen molar-refractivity contribution in [1.82, 2.24) is 9.88 Å². The molecular weight excluding hydrogens is 230 g/mol. The molecule has 98 valence electrons. The van der Waals surface area contributed by atoms with E-state index >= 15 is 0 Å². The van der Waals surface area contributed by atoms with Crippen molar-refractivity contribution in [3.63, 3.8) is 0 Å². The van der Waals surface area contributed by atoms with Gasteiger partial charge >= 0.3 is 0 Å². The van der Waals surface area contributed by atoms with E-state index in [1.165, 1.54) is 10.6 Å². The van der Waals surface area contributed by atoms with Crippen molar-refractivity contribution < 1.29 is 4.79 Å². The van der Waals surface area contributed by atoms with Gasteiger partial charge in [0.15, 0.2) is 0 Å². The molecule has 0 aromatic carbocycles. The number of hydrogen-bond donors (Lipinski definition) is 2. The Morgan fingerprint density at radius 1 is 1.50 bits per heavy atom. The molecule has 1 aromatic heterocycles. The maximum atomic E-state index is 12.1. The number of piperidine rings is 1. The van der Waals surface area contributed by atoms with Crippen LogP contribution in [0.1, 0.15) is 19.8 Å². The van der Waals surface area contributed by atoms with Gasteiger partial charge in [-0.25, -0.2) is 0 Å². The summed E-state index contributed by atoms with van der Waals surface area (Å²) in [5.41, 5.74) is 0.568. The third-order valence-electron chi connectivity index (χ3n) is 3.41. The molecule has 0 radical (unpaired) electrons. The molecule has 5 nitrogen and oxygen atoms in total. The lowest BCUT2D eigenvalue weighted by Crippen LogP contribution is -2.48. The molecule has 2 rings (SSSR count). The monoisotopic (exact) mass is 249 g/mol. The molecule has 1 aliphatic heterocycles. The SMILES string of the molecule is CC1CCCNC1C(=O)Nc1ccc(=O)n(C)c1. The number of carbonyl (C=O) groups excluding carboxylic acids is 1. The van der Waals surface area contributed by atoms with Crippen molar-refractivity contribution in [2.24, 2.45) is 13.0 Å². The van der Waals surface area contributed by atoms with Crippen molar-refractivity contribution in [2.75, 3.05) is 11.9 Å². The van der Waals surface area contributed by atoms with E-state index in [1.807, 2.05) is 0 Å². The predicted molar refractivity (Wildman–Crippen MR) is 70.5 cm³/mol. The average molecular weight is 249 g/mol. The van der Waals surface area contributed by atoms with E-state index in [2.05, 4.69) is 17.6 Å². The van der Waals surface area contributed by atoms with Crippen LogP contribution in [-0.2, 0) is 11.8 Å². The van der Waals surface area contributed by atoms with E-state index in [-0.39, 0.29) is 17.5 Å². The van der Waals surface area contributed by atoms with Gasteiger partial charge in [0, 0.05) is 19.3 Å². The molecule has 5 heteroatoms. The third-order valence-corrected chi connectivity index (χ3v) is 3.41. The second-order valence-corrected chi connectivity index (χ2v) is 4.91. The Bertz CT molecular complexity index is 495. The van der Waals surface area contributed by atoms with Gasteiger partial charge in [0.05, 0.1) is 11.7 Å². The first-order chi connectivity index (χ1) is 8.58. The maximum absolute atomic E-state index is 12.1. The summed E-state index contributed by atoms with van der Waals surface area (Å²) in [5.74, 6) is 0.312. The molecule has 2 N–H and O–H groups in total. The van der Waals surface area contributed by atoms with Gasteiger partial charge in [0.2, 0.25) is 11.5 Å². The summed E-state index contributed by atoms with van der Waals surface area (Å²) >= 11 is 0. The molecule has 0 saturated carbocycles. The minimum absolute atomic E-state index is 0.0270. The molecule has 2 atom stereocenters. The molecular formula is C13H19N3O2. The van der Waals surface area contributed by atoms with Crippen molar-refractivity contribution in [3.8, 4) is 0 Å². The normalized spacial score (nSPS) is 23.7. The zero-order valence-electron chi connectivity index (χ0n) is 10.8. The number of aromatic nitrogens is 1. The second-order valence-electron chi connectivity index (χ2n) is 4.91. The summed E-state index contributed by atoms with van der Waals surface area (Å²) in [7, 11) is 1.67. The highest BCUT2D eigenvalue weighted by Crippen LogP contribution is 2.17. The molecule has 1 saturated heterocycles. The molecule has 1 amide bonds. The Labute approximate surface area is 106 Å². The summed E-state index contributed by atoms with van der Waals surface area (Å²) in [6.45, 7) is 2.97. The molecule has 0 aliphatic carbocycles. The number of aryl methyl sites for hydroxylation is 1. The number of nitrogens with one attached hydrogen (secondary N) is 2. The summed E-state index contributed by atoms with van der Waals surface area (Å²) in [6, 6.07) is 2.94. The predicted octanol–water partition coefficient (Wildman–Crippen LogP) is 0.712. The highest BCUT2D eigenvalue weighted by Gasteiger charge is 2.27. The van der Waals surface area contributed by atoms with Gasteiger partial charge in [-0.1, -0.05) is 6.92 Å². The Kier molecular flexibility index (Phi) is 3.81. The largest absolute Gasteiger partial charge is 0.323 e. The first-order valence-corrected chi connectivity index (χ1v) is 6.29. The quantitative estimate of drug-likeness (QED) is 0.811. The fourth-order valence-electron chi connectivity index (χ4n) is 2.29. The van der Waals surface area contributed by atoms with Crippen molar-refractivity contribution >= 4 is 11.6 Å². The topological polar surface area (TPSA) is 63.1 Å². The number of amides is 1. The number of carbonyl (C=O) groups is 1. The van der Waals surface area contributed by atoms with Crippen LogP contribution in [0.25, 0.3) is 0 Å². The Balaban J connectivity index is 2.06. The first kappa shape index (κ1) is 12.8. The summed E-state index contributed by atoms with van der Waals surface area (Å²) in [6.07, 6.45) is 3.82. The fraction of sp³-hybridized carbons (Fsp3) is 0.538. The van der Waals surface area contributed by atoms with Crippen molar-refractivity contribution in [2.45, 2.75) is 25.8 Å². The minimum atomic E-state index is -0.143. The summed E-state index contributed by atoms with van der Waals surface area (Å²) in [4.78, 5) is 23.4. The van der Waals surface area contributed by atoms with E-state index in [1.54, 1.807) is 19.3 Å². The zero-order valence-corrected chi connectivity index (χ0v) is 10.8. The molecule has 0 spiro atoms. The van der Waals surface area contributed by atoms with Crippen molar-refractivity contribution in [1.29, 1.82) is 0 Å². The van der Waals surface area contributed by atoms with Gasteiger partial charge in [0.1, 0.15) is 0 Å². The van der Waals surface area contributed by atoms with Crippen LogP contribution < -0.4 is 16.2 Å². The van der Waals surface area contributed by atoms with Gasteiger partial charge in [0.25, 0.3) is 0 Å². The average Bonchev–Trinajstić information content (AvgIpc) is 2.34. The standard InChI is InChI=1S/C13H19N3O2/c1-9-4-3-7-14-12(9)13(18)15-10-5-6-11(17)16(2)8-10/h5-6,8-9,12,14H,3-4,7H2,1-2H3,(H,15,18). The van der Waals surface area contributed by atoms with E-state index in [4.69, 9.17) is 0 Å². The number of rotatable bonds is 2. The van der Waals surface area contributed by atoms with Gasteiger partial charge < -0.3 is 15.2 Å². The van der Waals surface area contributed by atoms with Crippen LogP contribution in [0.3, 0.4) is 0 Å². The van der Waals surface area contributed by atoms with Crippen LogP contribution in [0.15, 0.2) is 23.1 Å². The number of hydrogen-bond acceptors (Lipinski definition) is 3. The molecule has 2 unspecified atom stereocenters. The van der Waals surface area contributed by atoms with Crippen LogP contribution in [0.4, 0.5) is 5.69 Å². The van der Waals surface area contributed by atoms with E-state index in [9.17, 15) is 9.59 Å². The van der Waals surface area contributed by atoms with E-state index < -0.39 is 0 Å². The Morgan fingerprint density at radius 2 is 2.28 bits per heavy atom. The van der Waals surface area contributed by atoms with Crippen LogP contribution in [0.5, 0.6) is 0 Å². The Hall–Kier alpha value is -1.62. The van der Waals surface area contributed by atoms with Crippen LogP contribution in [0, 0.1) is 5.92 Å². The highest BCUT2D eigenvalue weighted by molar-refractivity contribution is 5.94. The van der Waals surface area contributed by atoms with Crippen LogP contribution >= 0.6 is 0 Å². The first-order valence-electron chi connectivity index (χ1n) is 6.29. The summed E-state index contributed by atoms with van der Waals surface area (Å²) < 4.78 is 1.45.